The lowest BCUT2D eigenvalue weighted by Gasteiger charge is -2.20. The van der Waals surface area contributed by atoms with Crippen molar-refractivity contribution in [3.05, 3.63) is 29.6 Å². The molecular weight excluding hydrogens is 217 g/mol. The molecule has 0 bridgehead atoms. The van der Waals surface area contributed by atoms with Crippen LogP contribution in [0.15, 0.2) is 18.2 Å². The minimum Gasteiger partial charge on any atom is -0.494 e. The largest absolute Gasteiger partial charge is 0.494 e. The Hall–Kier alpha value is -1.09. The van der Waals surface area contributed by atoms with Gasteiger partial charge in [-0.15, -0.1) is 0 Å². The number of halogens is 1. The quantitative estimate of drug-likeness (QED) is 0.866. The Morgan fingerprint density at radius 2 is 2.06 bits per heavy atom. The van der Waals surface area contributed by atoms with E-state index in [1.165, 1.54) is 32.8 Å². The molecule has 0 aromatic heterocycles. The normalized spacial score (nSPS) is 18.3. The molecule has 0 unspecified atom stereocenters. The van der Waals surface area contributed by atoms with Gasteiger partial charge in [0.2, 0.25) is 0 Å². The van der Waals surface area contributed by atoms with Crippen molar-refractivity contribution < 1.29 is 9.13 Å². The summed E-state index contributed by atoms with van der Waals surface area (Å²) in [6.07, 6.45) is 5.09. The van der Waals surface area contributed by atoms with Gasteiger partial charge in [-0.1, -0.05) is 18.9 Å². The van der Waals surface area contributed by atoms with Crippen LogP contribution in [0.4, 0.5) is 4.39 Å². The zero-order chi connectivity index (χ0) is 12.3. The van der Waals surface area contributed by atoms with Crippen LogP contribution in [0.1, 0.15) is 44.2 Å². The fraction of sp³-hybridized carbons (Fsp3) is 0.571. The molecule has 2 rings (SSSR count). The predicted octanol–water partition coefficient (Wildman–Crippen LogP) is 3.43. The van der Waals surface area contributed by atoms with Gasteiger partial charge in [0.15, 0.2) is 11.6 Å². The van der Waals surface area contributed by atoms with E-state index in [2.05, 4.69) is 12.2 Å². The summed E-state index contributed by atoms with van der Waals surface area (Å²) < 4.78 is 18.5. The van der Waals surface area contributed by atoms with Gasteiger partial charge in [0, 0.05) is 12.1 Å². The minimum atomic E-state index is -0.287. The van der Waals surface area contributed by atoms with Gasteiger partial charge in [0.05, 0.1) is 7.11 Å². The second-order valence-electron chi connectivity index (χ2n) is 4.76. The summed E-state index contributed by atoms with van der Waals surface area (Å²) in [6.45, 7) is 2.08. The summed E-state index contributed by atoms with van der Waals surface area (Å²) in [5.74, 6) is 0.0203. The van der Waals surface area contributed by atoms with E-state index >= 15 is 0 Å². The van der Waals surface area contributed by atoms with Crippen molar-refractivity contribution in [1.29, 1.82) is 0 Å². The number of hydrogen-bond acceptors (Lipinski definition) is 2. The molecule has 0 amide bonds. The first-order valence-electron chi connectivity index (χ1n) is 6.30. The van der Waals surface area contributed by atoms with Crippen LogP contribution in [0.2, 0.25) is 0 Å². The minimum absolute atomic E-state index is 0.193. The molecule has 1 atom stereocenters. The molecule has 1 aliphatic carbocycles. The van der Waals surface area contributed by atoms with Gasteiger partial charge in [0.25, 0.3) is 0 Å². The molecule has 1 N–H and O–H groups in total. The van der Waals surface area contributed by atoms with Crippen LogP contribution < -0.4 is 10.1 Å². The standard InChI is InChI=1S/C14H20FNO/c1-10(16-12-5-3-4-6-12)11-7-8-14(17-2)13(15)9-11/h7-10,12,16H,3-6H2,1-2H3/t10-/m0/s1. The first kappa shape index (κ1) is 12.4. The molecule has 1 saturated carbocycles. The van der Waals surface area contributed by atoms with Gasteiger partial charge in [-0.3, -0.25) is 0 Å². The second-order valence-corrected chi connectivity index (χ2v) is 4.76. The predicted molar refractivity (Wildman–Crippen MR) is 66.8 cm³/mol. The molecule has 1 fully saturated rings. The van der Waals surface area contributed by atoms with Crippen molar-refractivity contribution in [3.8, 4) is 5.75 Å². The molecule has 94 valence electrons. The van der Waals surface area contributed by atoms with Crippen LogP contribution in [-0.4, -0.2) is 13.2 Å². The van der Waals surface area contributed by atoms with Crippen LogP contribution in [0.3, 0.4) is 0 Å². The maximum absolute atomic E-state index is 13.6. The van der Waals surface area contributed by atoms with Crippen molar-refractivity contribution in [2.45, 2.75) is 44.7 Å². The number of nitrogens with one attached hydrogen (secondary N) is 1. The summed E-state index contributed by atoms with van der Waals surface area (Å²) in [5.41, 5.74) is 0.982. The molecule has 1 aliphatic rings. The number of benzene rings is 1. The molecule has 1 aromatic carbocycles. The Labute approximate surface area is 102 Å². The molecule has 2 nitrogen and oxygen atoms in total. The summed E-state index contributed by atoms with van der Waals surface area (Å²) >= 11 is 0. The summed E-state index contributed by atoms with van der Waals surface area (Å²) in [7, 11) is 1.48. The molecule has 0 radical (unpaired) electrons. The zero-order valence-corrected chi connectivity index (χ0v) is 10.5. The van der Waals surface area contributed by atoms with Crippen molar-refractivity contribution in [2.24, 2.45) is 0 Å². The van der Waals surface area contributed by atoms with Crippen LogP contribution in [-0.2, 0) is 0 Å². The highest BCUT2D eigenvalue weighted by Gasteiger charge is 2.18. The second kappa shape index (κ2) is 5.50. The molecule has 0 aliphatic heterocycles. The summed E-state index contributed by atoms with van der Waals surface area (Å²) in [6, 6.07) is 5.96. The van der Waals surface area contributed by atoms with Crippen LogP contribution in [0.5, 0.6) is 5.75 Å². The molecular formula is C14H20FNO. The third-order valence-electron chi connectivity index (χ3n) is 3.52. The van der Waals surface area contributed by atoms with Gasteiger partial charge >= 0.3 is 0 Å². The summed E-state index contributed by atoms with van der Waals surface area (Å²) in [4.78, 5) is 0. The monoisotopic (exact) mass is 237 g/mol. The number of methoxy groups -OCH3 is 1. The Bertz CT molecular complexity index is 374. The molecule has 0 saturated heterocycles. The van der Waals surface area contributed by atoms with E-state index in [4.69, 9.17) is 4.74 Å². The number of hydrogen-bond donors (Lipinski definition) is 1. The first-order valence-corrected chi connectivity index (χ1v) is 6.30. The fourth-order valence-electron chi connectivity index (χ4n) is 2.49. The molecule has 0 heterocycles. The van der Waals surface area contributed by atoms with Crippen molar-refractivity contribution in [2.75, 3.05) is 7.11 Å². The Morgan fingerprint density at radius 3 is 2.65 bits per heavy atom. The van der Waals surface area contributed by atoms with Gasteiger partial charge in [-0.25, -0.2) is 4.39 Å². The van der Waals surface area contributed by atoms with E-state index < -0.39 is 0 Å². The number of ether oxygens (including phenoxy) is 1. The van der Waals surface area contributed by atoms with E-state index in [0.29, 0.717) is 11.8 Å². The lowest BCUT2D eigenvalue weighted by atomic mass is 10.1. The third-order valence-corrected chi connectivity index (χ3v) is 3.52. The fourth-order valence-corrected chi connectivity index (χ4v) is 2.49. The van der Waals surface area contributed by atoms with Crippen molar-refractivity contribution >= 4 is 0 Å². The Balaban J connectivity index is 2.02. The average Bonchev–Trinajstić information content (AvgIpc) is 2.81. The highest BCUT2D eigenvalue weighted by atomic mass is 19.1. The van der Waals surface area contributed by atoms with Gasteiger partial charge in [-0.05, 0) is 37.5 Å². The molecule has 1 aromatic rings. The molecule has 17 heavy (non-hydrogen) atoms. The van der Waals surface area contributed by atoms with Crippen molar-refractivity contribution in [1.82, 2.24) is 5.32 Å². The van der Waals surface area contributed by atoms with Crippen LogP contribution >= 0.6 is 0 Å². The van der Waals surface area contributed by atoms with E-state index in [0.717, 1.165) is 5.56 Å². The number of rotatable bonds is 4. The third kappa shape index (κ3) is 2.97. The van der Waals surface area contributed by atoms with E-state index in [-0.39, 0.29) is 11.9 Å². The maximum atomic E-state index is 13.6. The SMILES string of the molecule is COc1ccc([C@H](C)NC2CCCC2)cc1F. The lowest BCUT2D eigenvalue weighted by molar-refractivity contribution is 0.385. The zero-order valence-electron chi connectivity index (χ0n) is 10.5. The Morgan fingerprint density at radius 1 is 1.35 bits per heavy atom. The van der Waals surface area contributed by atoms with E-state index in [1.807, 2.05) is 6.07 Å². The van der Waals surface area contributed by atoms with Gasteiger partial charge in [0.1, 0.15) is 0 Å². The first-order chi connectivity index (χ1) is 8.20. The summed E-state index contributed by atoms with van der Waals surface area (Å²) in [5, 5.41) is 3.55. The van der Waals surface area contributed by atoms with Gasteiger partial charge < -0.3 is 10.1 Å². The van der Waals surface area contributed by atoms with Crippen LogP contribution in [0.25, 0.3) is 0 Å². The van der Waals surface area contributed by atoms with Crippen molar-refractivity contribution in [3.63, 3.8) is 0 Å². The van der Waals surface area contributed by atoms with E-state index in [9.17, 15) is 4.39 Å². The lowest BCUT2D eigenvalue weighted by Crippen LogP contribution is -2.28. The highest BCUT2D eigenvalue weighted by Crippen LogP contribution is 2.24. The van der Waals surface area contributed by atoms with Gasteiger partial charge in [-0.2, -0.15) is 0 Å². The van der Waals surface area contributed by atoms with Crippen LogP contribution in [0, 0.1) is 5.82 Å². The highest BCUT2D eigenvalue weighted by molar-refractivity contribution is 5.30. The average molecular weight is 237 g/mol. The topological polar surface area (TPSA) is 21.3 Å². The maximum Gasteiger partial charge on any atom is 0.165 e. The molecule has 0 spiro atoms. The Kier molecular flexibility index (Phi) is 4.00. The van der Waals surface area contributed by atoms with E-state index in [1.54, 1.807) is 12.1 Å². The molecule has 3 heteroatoms. The smallest absolute Gasteiger partial charge is 0.165 e.